The first-order valence-electron chi connectivity index (χ1n) is 8.55. The number of aromatic nitrogens is 2. The Morgan fingerprint density at radius 2 is 1.86 bits per heavy atom. The molecule has 0 spiro atoms. The molecule has 1 N–H and O–H groups in total. The number of hydrogen-bond donors (Lipinski definition) is 1. The average Bonchev–Trinajstić information content (AvgIpc) is 3.17. The van der Waals surface area contributed by atoms with Gasteiger partial charge in [0.2, 0.25) is 11.8 Å². The number of benzene rings is 2. The molecular weight excluding hydrogens is 385 g/mol. The molecule has 1 amide bonds. The van der Waals surface area contributed by atoms with Crippen molar-refractivity contribution in [2.45, 2.75) is 17.4 Å². The molecule has 2 heterocycles. The van der Waals surface area contributed by atoms with Crippen molar-refractivity contribution < 1.29 is 23.1 Å². The third-order valence-corrected chi connectivity index (χ3v) is 4.89. The van der Waals surface area contributed by atoms with Crippen molar-refractivity contribution in [3.8, 4) is 23.0 Å². The lowest BCUT2D eigenvalue weighted by Crippen LogP contribution is -2.22. The molecule has 0 unspecified atom stereocenters. The third-order valence-electron chi connectivity index (χ3n) is 3.95. The molecule has 144 valence electrons. The molecule has 0 fully saturated rings. The Morgan fingerprint density at radius 3 is 2.64 bits per heavy atom. The largest absolute Gasteiger partial charge is 0.486 e. The Morgan fingerprint density at radius 1 is 1.11 bits per heavy atom. The van der Waals surface area contributed by atoms with E-state index in [0.29, 0.717) is 36.0 Å². The lowest BCUT2D eigenvalue weighted by Gasteiger charge is -2.19. The van der Waals surface area contributed by atoms with E-state index in [1.165, 1.54) is 12.1 Å². The van der Waals surface area contributed by atoms with Gasteiger partial charge in [-0.1, -0.05) is 11.8 Å². The first-order chi connectivity index (χ1) is 13.6. The highest BCUT2D eigenvalue weighted by Gasteiger charge is 2.20. The number of hydrogen-bond acceptors (Lipinski definition) is 7. The van der Waals surface area contributed by atoms with Crippen LogP contribution in [0.25, 0.3) is 11.5 Å². The van der Waals surface area contributed by atoms with Crippen LogP contribution in [0.2, 0.25) is 0 Å². The zero-order chi connectivity index (χ0) is 19.5. The number of amides is 1. The zero-order valence-corrected chi connectivity index (χ0v) is 15.7. The van der Waals surface area contributed by atoms with E-state index in [9.17, 15) is 9.18 Å². The summed E-state index contributed by atoms with van der Waals surface area (Å²) in [6.45, 7) is 2.72. The van der Waals surface area contributed by atoms with Crippen molar-refractivity contribution in [2.24, 2.45) is 0 Å². The van der Waals surface area contributed by atoms with Crippen LogP contribution in [0.15, 0.2) is 52.1 Å². The van der Waals surface area contributed by atoms with E-state index in [1.54, 1.807) is 37.3 Å². The molecule has 7 nitrogen and oxygen atoms in total. The van der Waals surface area contributed by atoms with Gasteiger partial charge in [-0.05, 0) is 43.3 Å². The minimum absolute atomic E-state index is 0.219. The topological polar surface area (TPSA) is 86.5 Å². The third kappa shape index (κ3) is 4.09. The van der Waals surface area contributed by atoms with Crippen molar-refractivity contribution in [3.05, 3.63) is 48.3 Å². The van der Waals surface area contributed by atoms with Gasteiger partial charge in [0.25, 0.3) is 5.22 Å². The second-order valence-electron chi connectivity index (χ2n) is 5.99. The molecule has 28 heavy (non-hydrogen) atoms. The van der Waals surface area contributed by atoms with Gasteiger partial charge < -0.3 is 19.2 Å². The maximum absolute atomic E-state index is 13.0. The van der Waals surface area contributed by atoms with E-state index in [1.807, 2.05) is 0 Å². The number of halogens is 1. The Labute approximate surface area is 164 Å². The lowest BCUT2D eigenvalue weighted by molar-refractivity contribution is -0.115. The van der Waals surface area contributed by atoms with E-state index in [4.69, 9.17) is 13.9 Å². The maximum Gasteiger partial charge on any atom is 0.277 e. The van der Waals surface area contributed by atoms with Crippen LogP contribution in [0.1, 0.15) is 6.92 Å². The second kappa shape index (κ2) is 7.89. The van der Waals surface area contributed by atoms with E-state index >= 15 is 0 Å². The Hall–Kier alpha value is -3.07. The van der Waals surface area contributed by atoms with Crippen molar-refractivity contribution in [1.29, 1.82) is 0 Å². The molecule has 1 atom stereocenters. The molecule has 0 saturated heterocycles. The zero-order valence-electron chi connectivity index (χ0n) is 14.8. The van der Waals surface area contributed by atoms with Gasteiger partial charge in [-0.25, -0.2) is 4.39 Å². The number of carbonyl (C=O) groups is 1. The smallest absolute Gasteiger partial charge is 0.277 e. The summed E-state index contributed by atoms with van der Waals surface area (Å²) in [5.74, 6) is 0.962. The van der Waals surface area contributed by atoms with E-state index < -0.39 is 5.25 Å². The van der Waals surface area contributed by atoms with Crippen LogP contribution in [0.4, 0.5) is 10.1 Å². The van der Waals surface area contributed by atoms with Crippen LogP contribution < -0.4 is 14.8 Å². The number of nitrogens with zero attached hydrogens (tertiary/aromatic N) is 2. The average molecular weight is 401 g/mol. The van der Waals surface area contributed by atoms with Crippen molar-refractivity contribution in [2.75, 3.05) is 18.5 Å². The normalized spacial score (nSPS) is 13.8. The summed E-state index contributed by atoms with van der Waals surface area (Å²) >= 11 is 1.14. The molecule has 1 aliphatic rings. The van der Waals surface area contributed by atoms with Gasteiger partial charge in [0.1, 0.15) is 19.0 Å². The fraction of sp³-hybridized carbons (Fsp3) is 0.211. The summed E-state index contributed by atoms with van der Waals surface area (Å²) in [5.41, 5.74) is 1.22. The van der Waals surface area contributed by atoms with Gasteiger partial charge in [0, 0.05) is 17.3 Å². The van der Waals surface area contributed by atoms with Gasteiger partial charge in [0.05, 0.1) is 5.25 Å². The molecule has 2 aromatic carbocycles. The quantitative estimate of drug-likeness (QED) is 0.651. The monoisotopic (exact) mass is 401 g/mol. The number of thioether (sulfide) groups is 1. The van der Waals surface area contributed by atoms with Gasteiger partial charge in [0.15, 0.2) is 11.5 Å². The first-order valence-corrected chi connectivity index (χ1v) is 9.43. The van der Waals surface area contributed by atoms with E-state index in [-0.39, 0.29) is 22.8 Å². The summed E-state index contributed by atoms with van der Waals surface area (Å²) in [6, 6.07) is 11.0. The van der Waals surface area contributed by atoms with Gasteiger partial charge in [-0.3, -0.25) is 4.79 Å². The fourth-order valence-corrected chi connectivity index (χ4v) is 3.22. The summed E-state index contributed by atoms with van der Waals surface area (Å²) in [5, 5.41) is 10.5. The molecule has 1 aromatic heterocycles. The van der Waals surface area contributed by atoms with Crippen LogP contribution in [0.3, 0.4) is 0 Å². The highest BCUT2D eigenvalue weighted by molar-refractivity contribution is 8.00. The molecule has 9 heteroatoms. The van der Waals surface area contributed by atoms with Crippen LogP contribution in [0.5, 0.6) is 11.5 Å². The predicted octanol–water partition coefficient (Wildman–Crippen LogP) is 3.77. The van der Waals surface area contributed by atoms with Gasteiger partial charge in [-0.2, -0.15) is 0 Å². The van der Waals surface area contributed by atoms with Gasteiger partial charge in [-0.15, -0.1) is 10.2 Å². The van der Waals surface area contributed by atoms with Crippen LogP contribution in [0, 0.1) is 5.82 Å². The number of fused-ring (bicyclic) bond motifs is 1. The first kappa shape index (κ1) is 18.3. The Balaban J connectivity index is 1.39. The lowest BCUT2D eigenvalue weighted by atomic mass is 10.2. The van der Waals surface area contributed by atoms with E-state index in [2.05, 4.69) is 15.5 Å². The molecule has 0 saturated carbocycles. The molecule has 0 bridgehead atoms. The Bertz CT molecular complexity index is 993. The number of anilines is 1. The molecular formula is C19H16FN3O4S. The SMILES string of the molecule is C[C@@H](Sc1nnc(-c2ccc(F)cc2)o1)C(=O)Nc1ccc2c(c1)OCCO2. The highest BCUT2D eigenvalue weighted by Crippen LogP contribution is 2.33. The molecule has 3 aromatic rings. The standard InChI is InChI=1S/C19H16FN3O4S/c1-11(17(24)21-14-6-7-15-16(10-14)26-9-8-25-15)28-19-23-22-18(27-19)12-2-4-13(20)5-3-12/h2-7,10-11H,8-9H2,1H3,(H,21,24)/t11-/m1/s1. The number of rotatable bonds is 5. The molecule has 1 aliphatic heterocycles. The highest BCUT2D eigenvalue weighted by atomic mass is 32.2. The number of ether oxygens (including phenoxy) is 2. The summed E-state index contributed by atoms with van der Waals surface area (Å²) in [4.78, 5) is 12.5. The van der Waals surface area contributed by atoms with Crippen molar-refractivity contribution >= 4 is 23.4 Å². The molecule has 0 aliphatic carbocycles. The number of carbonyl (C=O) groups excluding carboxylic acids is 1. The van der Waals surface area contributed by atoms with Gasteiger partial charge >= 0.3 is 0 Å². The minimum Gasteiger partial charge on any atom is -0.486 e. The maximum atomic E-state index is 13.0. The van der Waals surface area contributed by atoms with Crippen molar-refractivity contribution in [1.82, 2.24) is 10.2 Å². The Kier molecular flexibility index (Phi) is 5.16. The minimum atomic E-state index is -0.477. The molecule has 4 rings (SSSR count). The summed E-state index contributed by atoms with van der Waals surface area (Å²) in [7, 11) is 0. The summed E-state index contributed by atoms with van der Waals surface area (Å²) in [6.07, 6.45) is 0. The van der Waals surface area contributed by atoms with Crippen LogP contribution in [-0.4, -0.2) is 34.6 Å². The van der Waals surface area contributed by atoms with Crippen molar-refractivity contribution in [3.63, 3.8) is 0 Å². The second-order valence-corrected chi connectivity index (χ2v) is 7.28. The van der Waals surface area contributed by atoms with E-state index in [0.717, 1.165) is 11.8 Å². The molecule has 0 radical (unpaired) electrons. The summed E-state index contributed by atoms with van der Waals surface area (Å²) < 4.78 is 29.5. The predicted molar refractivity (Wildman–Crippen MR) is 101 cm³/mol. The fourth-order valence-electron chi connectivity index (χ4n) is 2.54. The van der Waals surface area contributed by atoms with Crippen LogP contribution in [-0.2, 0) is 4.79 Å². The van der Waals surface area contributed by atoms with Crippen LogP contribution >= 0.6 is 11.8 Å². The number of nitrogens with one attached hydrogen (secondary N) is 1.